The van der Waals surface area contributed by atoms with Crippen molar-refractivity contribution >= 4 is 23.1 Å². The predicted molar refractivity (Wildman–Crippen MR) is 73.3 cm³/mol. The van der Waals surface area contributed by atoms with E-state index in [1.165, 1.54) is 0 Å². The minimum atomic E-state index is -1.03. The minimum Gasteiger partial charge on any atom is -0.507 e. The maximum Gasteiger partial charge on any atom is 0.328 e. The minimum absolute atomic E-state index is 0.134. The molecule has 0 aromatic heterocycles. The lowest BCUT2D eigenvalue weighted by atomic mass is 10.0. The molecule has 1 aliphatic carbocycles. The van der Waals surface area contributed by atoms with Crippen LogP contribution in [0.3, 0.4) is 0 Å². The van der Waals surface area contributed by atoms with Crippen LogP contribution in [0.4, 0.5) is 0 Å². The Kier molecular flexibility index (Phi) is 2.57. The Morgan fingerprint density at radius 1 is 1.11 bits per heavy atom. The third-order valence-electron chi connectivity index (χ3n) is 3.14. The Balaban J connectivity index is 2.39. The monoisotopic (exact) mass is 272 g/mol. The van der Waals surface area contributed by atoms with E-state index in [0.29, 0.717) is 21.7 Å². The number of benzene rings is 2. The first-order valence-corrected chi connectivity index (χ1v) is 6.03. The van der Waals surface area contributed by atoms with Gasteiger partial charge >= 0.3 is 5.97 Å². The van der Waals surface area contributed by atoms with Crippen LogP contribution in [-0.2, 0) is 4.79 Å². The quantitative estimate of drug-likeness (QED) is 0.666. The normalized spacial score (nSPS) is 14.3. The molecule has 2 aromatic carbocycles. The van der Waals surface area contributed by atoms with Crippen molar-refractivity contribution in [2.75, 3.05) is 0 Å². The average Bonchev–Trinajstić information content (AvgIpc) is 2.64. The number of aromatic hydroxyl groups is 1. The molecule has 94 valence electrons. The second-order valence-corrected chi connectivity index (χ2v) is 4.72. The molecule has 3 rings (SSSR count). The molecule has 0 atom stereocenters. The highest BCUT2D eigenvalue weighted by Gasteiger charge is 2.26. The molecular weight excluding hydrogens is 264 g/mol. The number of carbonyl (C=O) groups is 1. The van der Waals surface area contributed by atoms with Crippen molar-refractivity contribution in [3.8, 4) is 16.9 Å². The number of rotatable bonds is 1. The van der Waals surface area contributed by atoms with Crippen LogP contribution in [0.5, 0.6) is 5.75 Å². The highest BCUT2D eigenvalue weighted by molar-refractivity contribution is 6.31. The van der Waals surface area contributed by atoms with Crippen LogP contribution >= 0.6 is 11.6 Å². The van der Waals surface area contributed by atoms with E-state index in [2.05, 4.69) is 0 Å². The van der Waals surface area contributed by atoms with Crippen LogP contribution in [0.15, 0.2) is 42.5 Å². The van der Waals surface area contributed by atoms with Crippen LogP contribution in [0.25, 0.3) is 16.7 Å². The zero-order valence-corrected chi connectivity index (χ0v) is 10.5. The summed E-state index contributed by atoms with van der Waals surface area (Å²) in [5.74, 6) is -0.896. The Morgan fingerprint density at radius 2 is 1.89 bits per heavy atom. The molecule has 19 heavy (non-hydrogen) atoms. The fraction of sp³-hybridized carbons (Fsp3) is 0. The second-order valence-electron chi connectivity index (χ2n) is 4.29. The summed E-state index contributed by atoms with van der Waals surface area (Å²) in [6, 6.07) is 10.3. The molecule has 4 heteroatoms. The van der Waals surface area contributed by atoms with Gasteiger partial charge in [-0.25, -0.2) is 4.79 Å². The Labute approximate surface area is 114 Å². The van der Waals surface area contributed by atoms with E-state index < -0.39 is 5.97 Å². The average molecular weight is 273 g/mol. The zero-order valence-electron chi connectivity index (χ0n) is 9.72. The van der Waals surface area contributed by atoms with Gasteiger partial charge in [0.25, 0.3) is 0 Å². The van der Waals surface area contributed by atoms with Gasteiger partial charge in [0, 0.05) is 16.7 Å². The fourth-order valence-electron chi connectivity index (χ4n) is 2.43. The molecule has 3 nitrogen and oxygen atoms in total. The summed E-state index contributed by atoms with van der Waals surface area (Å²) < 4.78 is 0. The van der Waals surface area contributed by atoms with Gasteiger partial charge < -0.3 is 10.2 Å². The number of fused-ring (bicyclic) bond motifs is 3. The van der Waals surface area contributed by atoms with Crippen molar-refractivity contribution in [2.24, 2.45) is 0 Å². The van der Waals surface area contributed by atoms with Crippen LogP contribution < -0.4 is 0 Å². The van der Waals surface area contributed by atoms with Gasteiger partial charge in [-0.1, -0.05) is 29.8 Å². The Hall–Kier alpha value is -2.26. The number of phenols is 1. The first kappa shape index (κ1) is 11.8. The van der Waals surface area contributed by atoms with Gasteiger partial charge in [-0.15, -0.1) is 0 Å². The van der Waals surface area contributed by atoms with E-state index in [0.717, 1.165) is 17.2 Å². The van der Waals surface area contributed by atoms with E-state index in [1.54, 1.807) is 36.4 Å². The van der Waals surface area contributed by atoms with Crippen LogP contribution in [0, 0.1) is 0 Å². The largest absolute Gasteiger partial charge is 0.507 e. The summed E-state index contributed by atoms with van der Waals surface area (Å²) in [5.41, 5.74) is 3.45. The van der Waals surface area contributed by atoms with Crippen molar-refractivity contribution in [1.82, 2.24) is 0 Å². The van der Waals surface area contributed by atoms with Crippen LogP contribution in [0.2, 0.25) is 5.02 Å². The van der Waals surface area contributed by atoms with Gasteiger partial charge in [-0.3, -0.25) is 0 Å². The van der Waals surface area contributed by atoms with Crippen LogP contribution in [-0.4, -0.2) is 16.2 Å². The molecule has 0 saturated carbocycles. The third kappa shape index (κ3) is 1.79. The molecule has 0 amide bonds. The first-order valence-electron chi connectivity index (χ1n) is 5.65. The number of halogens is 1. The third-order valence-corrected chi connectivity index (χ3v) is 3.38. The number of hydrogen-bond donors (Lipinski definition) is 2. The van der Waals surface area contributed by atoms with Gasteiger partial charge in [-0.2, -0.15) is 0 Å². The molecular formula is C15H9ClO3. The standard InChI is InChI=1S/C15H9ClO3/c16-8-4-5-10-11(6-8)12(7-14(18)19)9-2-1-3-13(17)15(9)10/h1-7,17H,(H,18,19)/b12-7-. The molecule has 0 spiro atoms. The molecule has 0 radical (unpaired) electrons. The van der Waals surface area contributed by atoms with Crippen molar-refractivity contribution in [1.29, 1.82) is 0 Å². The molecule has 1 aliphatic rings. The lowest BCUT2D eigenvalue weighted by Crippen LogP contribution is -1.91. The maximum atomic E-state index is 11.0. The Bertz CT molecular complexity index is 732. The van der Waals surface area contributed by atoms with E-state index in [4.69, 9.17) is 16.7 Å². The summed E-state index contributed by atoms with van der Waals surface area (Å²) in [6.45, 7) is 0. The summed E-state index contributed by atoms with van der Waals surface area (Å²) >= 11 is 5.97. The first-order chi connectivity index (χ1) is 9.08. The number of phenolic OH excluding ortho intramolecular Hbond substituents is 1. The smallest absolute Gasteiger partial charge is 0.328 e. The fourth-order valence-corrected chi connectivity index (χ4v) is 2.60. The van der Waals surface area contributed by atoms with Crippen molar-refractivity contribution in [2.45, 2.75) is 0 Å². The van der Waals surface area contributed by atoms with Gasteiger partial charge in [0.2, 0.25) is 0 Å². The SMILES string of the molecule is O=C(O)/C=C1\c2cc(Cl)ccc2-c2c(O)cccc21. The van der Waals surface area contributed by atoms with Gasteiger partial charge in [-0.05, 0) is 40.5 Å². The van der Waals surface area contributed by atoms with Crippen LogP contribution in [0.1, 0.15) is 11.1 Å². The van der Waals surface area contributed by atoms with Crippen molar-refractivity contribution in [3.63, 3.8) is 0 Å². The molecule has 0 unspecified atom stereocenters. The van der Waals surface area contributed by atoms with E-state index in [-0.39, 0.29) is 5.75 Å². The summed E-state index contributed by atoms with van der Waals surface area (Å²) in [6.07, 6.45) is 1.14. The highest BCUT2D eigenvalue weighted by atomic mass is 35.5. The molecule has 0 aliphatic heterocycles. The lowest BCUT2D eigenvalue weighted by Gasteiger charge is -2.02. The molecule has 0 saturated heterocycles. The van der Waals surface area contributed by atoms with Crippen molar-refractivity contribution in [3.05, 3.63) is 58.6 Å². The molecule has 2 N–H and O–H groups in total. The van der Waals surface area contributed by atoms with Gasteiger partial charge in [0.05, 0.1) is 0 Å². The lowest BCUT2D eigenvalue weighted by molar-refractivity contribution is -0.131. The number of carboxylic acid groups (broad SMARTS) is 1. The van der Waals surface area contributed by atoms with Gasteiger partial charge in [0.15, 0.2) is 0 Å². The second kappa shape index (κ2) is 4.14. The number of hydrogen-bond acceptors (Lipinski definition) is 2. The Morgan fingerprint density at radius 3 is 2.63 bits per heavy atom. The number of aliphatic carboxylic acids is 1. The van der Waals surface area contributed by atoms with E-state index in [1.807, 2.05) is 0 Å². The van der Waals surface area contributed by atoms with E-state index >= 15 is 0 Å². The predicted octanol–water partition coefficient (Wildman–Crippen LogP) is 3.54. The maximum absolute atomic E-state index is 11.0. The zero-order chi connectivity index (χ0) is 13.6. The molecule has 2 aromatic rings. The van der Waals surface area contributed by atoms with E-state index in [9.17, 15) is 9.90 Å². The molecule has 0 bridgehead atoms. The number of carboxylic acids is 1. The summed E-state index contributed by atoms with van der Waals surface area (Å²) in [5, 5.41) is 19.5. The summed E-state index contributed by atoms with van der Waals surface area (Å²) in [7, 11) is 0. The highest BCUT2D eigenvalue weighted by Crippen LogP contribution is 2.48. The molecule has 0 fully saturated rings. The van der Waals surface area contributed by atoms with Gasteiger partial charge in [0.1, 0.15) is 5.75 Å². The molecule has 0 heterocycles. The van der Waals surface area contributed by atoms with Crippen molar-refractivity contribution < 1.29 is 15.0 Å². The topological polar surface area (TPSA) is 57.5 Å². The summed E-state index contributed by atoms with van der Waals surface area (Å²) in [4.78, 5) is 11.0.